The van der Waals surface area contributed by atoms with E-state index in [0.717, 1.165) is 50.7 Å². The minimum atomic E-state index is -0.776. The molecule has 2 atom stereocenters. The van der Waals surface area contributed by atoms with E-state index in [1.54, 1.807) is 13.2 Å². The summed E-state index contributed by atoms with van der Waals surface area (Å²) in [6.07, 6.45) is 15.3. The van der Waals surface area contributed by atoms with E-state index >= 15 is 0 Å². The Morgan fingerprint density at radius 3 is 2.71 bits per heavy atom. The first-order valence-electron chi connectivity index (χ1n) is 10.3. The van der Waals surface area contributed by atoms with Gasteiger partial charge in [0.05, 0.1) is 24.9 Å². The van der Waals surface area contributed by atoms with Crippen LogP contribution in [0.2, 0.25) is 0 Å². The van der Waals surface area contributed by atoms with E-state index in [4.69, 9.17) is 14.3 Å². The Balaban J connectivity index is 1.65. The van der Waals surface area contributed by atoms with Gasteiger partial charge in [0, 0.05) is 6.42 Å². The molecule has 4 nitrogen and oxygen atoms in total. The highest BCUT2D eigenvalue weighted by atomic mass is 16.5. The molecule has 1 aliphatic heterocycles. The van der Waals surface area contributed by atoms with Crippen LogP contribution in [0.15, 0.2) is 57.8 Å². The van der Waals surface area contributed by atoms with Crippen molar-refractivity contribution in [2.24, 2.45) is 5.92 Å². The molecule has 0 aliphatic carbocycles. The van der Waals surface area contributed by atoms with Gasteiger partial charge in [-0.1, -0.05) is 29.4 Å². The maximum Gasteiger partial charge on any atom is 0.308 e. The third kappa shape index (κ3) is 7.89. The molecular formula is C24H34O4. The molecule has 28 heavy (non-hydrogen) atoms. The average molecular weight is 387 g/mol. The molecule has 0 radical (unpaired) electrons. The number of furan rings is 1. The van der Waals surface area contributed by atoms with Crippen LogP contribution in [0, 0.1) is 5.92 Å². The van der Waals surface area contributed by atoms with Crippen LogP contribution in [0.1, 0.15) is 65.1 Å². The zero-order valence-electron chi connectivity index (χ0n) is 17.4. The van der Waals surface area contributed by atoms with Crippen molar-refractivity contribution in [2.75, 3.05) is 6.61 Å². The Labute approximate surface area is 169 Å². The predicted molar refractivity (Wildman–Crippen MR) is 112 cm³/mol. The summed E-state index contributed by atoms with van der Waals surface area (Å²) in [5.41, 5.74) is 4.08. The van der Waals surface area contributed by atoms with Crippen LogP contribution in [-0.2, 0) is 16.0 Å². The molecule has 154 valence electrons. The lowest BCUT2D eigenvalue weighted by Gasteiger charge is -2.27. The fraction of sp³-hybridized carbons (Fsp3) is 0.542. The second-order valence-electron chi connectivity index (χ2n) is 7.84. The SMILES string of the molecule is C/C(=C\CC/C(C)=C/CCc1ccco1)C/C=C1/CCC([C@H](C)C(=O)O)OC1. The van der Waals surface area contributed by atoms with Crippen LogP contribution in [0.4, 0.5) is 0 Å². The lowest BCUT2D eigenvalue weighted by Crippen LogP contribution is -2.32. The van der Waals surface area contributed by atoms with E-state index in [2.05, 4.69) is 32.1 Å². The number of hydrogen-bond acceptors (Lipinski definition) is 3. The summed E-state index contributed by atoms with van der Waals surface area (Å²) < 4.78 is 11.1. The molecule has 1 aliphatic rings. The summed E-state index contributed by atoms with van der Waals surface area (Å²) in [6.45, 7) is 6.66. The zero-order valence-corrected chi connectivity index (χ0v) is 17.4. The summed E-state index contributed by atoms with van der Waals surface area (Å²) in [7, 11) is 0. The Morgan fingerprint density at radius 1 is 1.29 bits per heavy atom. The first-order valence-corrected chi connectivity index (χ1v) is 10.3. The van der Waals surface area contributed by atoms with Crippen LogP contribution in [0.3, 0.4) is 0 Å². The monoisotopic (exact) mass is 386 g/mol. The van der Waals surface area contributed by atoms with Crippen LogP contribution in [-0.4, -0.2) is 23.8 Å². The number of allylic oxidation sites excluding steroid dienone is 5. The van der Waals surface area contributed by atoms with Crippen molar-refractivity contribution < 1.29 is 19.1 Å². The number of carboxylic acid groups (broad SMARTS) is 1. The van der Waals surface area contributed by atoms with E-state index in [-0.39, 0.29) is 6.10 Å². The molecule has 1 saturated heterocycles. The van der Waals surface area contributed by atoms with Gasteiger partial charge < -0.3 is 14.3 Å². The third-order valence-electron chi connectivity index (χ3n) is 5.39. The molecule has 2 heterocycles. The van der Waals surface area contributed by atoms with Crippen LogP contribution in [0.25, 0.3) is 0 Å². The number of carbonyl (C=O) groups is 1. The van der Waals surface area contributed by atoms with Crippen molar-refractivity contribution in [2.45, 2.75) is 71.8 Å². The van der Waals surface area contributed by atoms with E-state index in [9.17, 15) is 4.79 Å². The minimum Gasteiger partial charge on any atom is -0.481 e. The van der Waals surface area contributed by atoms with Gasteiger partial charge >= 0.3 is 5.97 Å². The Morgan fingerprint density at radius 2 is 2.07 bits per heavy atom. The number of hydrogen-bond donors (Lipinski definition) is 1. The lowest BCUT2D eigenvalue weighted by atomic mass is 9.94. The summed E-state index contributed by atoms with van der Waals surface area (Å²) in [5.74, 6) is -0.164. The van der Waals surface area contributed by atoms with Gasteiger partial charge in [0.1, 0.15) is 5.76 Å². The fourth-order valence-electron chi connectivity index (χ4n) is 3.36. The summed E-state index contributed by atoms with van der Waals surface area (Å²) in [5, 5.41) is 9.08. The summed E-state index contributed by atoms with van der Waals surface area (Å²) in [4.78, 5) is 11.0. The molecule has 1 N–H and O–H groups in total. The predicted octanol–water partition coefficient (Wildman–Crippen LogP) is 6.10. The van der Waals surface area contributed by atoms with Crippen molar-refractivity contribution in [3.63, 3.8) is 0 Å². The molecule has 1 aromatic heterocycles. The number of carboxylic acids is 1. The van der Waals surface area contributed by atoms with Crippen molar-refractivity contribution >= 4 is 5.97 Å². The van der Waals surface area contributed by atoms with E-state index in [1.165, 1.54) is 16.7 Å². The maximum absolute atomic E-state index is 11.0. The number of aryl methyl sites for hydroxylation is 1. The molecule has 0 bridgehead atoms. The molecule has 0 saturated carbocycles. The maximum atomic E-state index is 11.0. The quantitative estimate of drug-likeness (QED) is 0.494. The normalized spacial score (nSPS) is 21.1. The lowest BCUT2D eigenvalue weighted by molar-refractivity contribution is -0.147. The van der Waals surface area contributed by atoms with Gasteiger partial charge in [-0.25, -0.2) is 0 Å². The van der Waals surface area contributed by atoms with E-state index < -0.39 is 11.9 Å². The van der Waals surface area contributed by atoms with Crippen molar-refractivity contribution in [3.05, 3.63) is 59.1 Å². The number of rotatable bonds is 10. The topological polar surface area (TPSA) is 59.7 Å². The Bertz CT molecular complexity index is 684. The molecular weight excluding hydrogens is 352 g/mol. The zero-order chi connectivity index (χ0) is 20.4. The second-order valence-corrected chi connectivity index (χ2v) is 7.84. The highest BCUT2D eigenvalue weighted by molar-refractivity contribution is 5.70. The molecule has 1 fully saturated rings. The van der Waals surface area contributed by atoms with Crippen LogP contribution in [0.5, 0.6) is 0 Å². The third-order valence-corrected chi connectivity index (χ3v) is 5.39. The largest absolute Gasteiger partial charge is 0.481 e. The fourth-order valence-corrected chi connectivity index (χ4v) is 3.36. The Kier molecular flexibility index (Phi) is 9.29. The molecule has 0 spiro atoms. The van der Waals surface area contributed by atoms with E-state index in [0.29, 0.717) is 6.61 Å². The Hall–Kier alpha value is -2.07. The average Bonchev–Trinajstić information content (AvgIpc) is 3.19. The standard InChI is InChI=1S/C24H34O4/c1-18(9-5-10-22-11-6-16-27-22)7-4-8-19(2)12-13-21-14-15-23(28-17-21)20(3)24(25)26/h6,8-9,11,13,16,20,23H,4-5,7,10,12,14-15,17H2,1-3H3,(H,25,26)/b18-9+,19-8+,21-13-/t20-,23?/m0/s1. The molecule has 1 aromatic rings. The first kappa shape index (κ1) is 22.2. The first-order chi connectivity index (χ1) is 13.5. The van der Waals surface area contributed by atoms with E-state index in [1.807, 2.05) is 12.1 Å². The molecule has 0 aromatic carbocycles. The van der Waals surface area contributed by atoms with Gasteiger partial charge in [-0.05, 0) is 77.0 Å². The molecule has 2 rings (SSSR count). The van der Waals surface area contributed by atoms with Crippen molar-refractivity contribution in [3.8, 4) is 0 Å². The molecule has 1 unspecified atom stereocenters. The van der Waals surface area contributed by atoms with Gasteiger partial charge in [0.2, 0.25) is 0 Å². The summed E-state index contributed by atoms with van der Waals surface area (Å²) >= 11 is 0. The summed E-state index contributed by atoms with van der Waals surface area (Å²) in [6, 6.07) is 3.96. The van der Waals surface area contributed by atoms with Crippen LogP contribution < -0.4 is 0 Å². The second kappa shape index (κ2) is 11.7. The van der Waals surface area contributed by atoms with Crippen molar-refractivity contribution in [1.82, 2.24) is 0 Å². The van der Waals surface area contributed by atoms with Gasteiger partial charge in [-0.3, -0.25) is 4.79 Å². The number of ether oxygens (including phenoxy) is 1. The highest BCUT2D eigenvalue weighted by Crippen LogP contribution is 2.24. The number of aliphatic carboxylic acids is 1. The highest BCUT2D eigenvalue weighted by Gasteiger charge is 2.27. The van der Waals surface area contributed by atoms with Gasteiger partial charge in [0.25, 0.3) is 0 Å². The molecule has 4 heteroatoms. The van der Waals surface area contributed by atoms with Crippen molar-refractivity contribution in [1.29, 1.82) is 0 Å². The van der Waals surface area contributed by atoms with Gasteiger partial charge in [-0.2, -0.15) is 0 Å². The van der Waals surface area contributed by atoms with Gasteiger partial charge in [0.15, 0.2) is 0 Å². The van der Waals surface area contributed by atoms with Crippen LogP contribution >= 0.6 is 0 Å². The molecule has 0 amide bonds. The van der Waals surface area contributed by atoms with Gasteiger partial charge in [-0.15, -0.1) is 0 Å². The smallest absolute Gasteiger partial charge is 0.308 e. The minimum absolute atomic E-state index is 0.158.